The van der Waals surface area contributed by atoms with Gasteiger partial charge in [0.15, 0.2) is 5.78 Å². The van der Waals surface area contributed by atoms with Gasteiger partial charge in [-0.1, -0.05) is 24.3 Å². The molecule has 3 aromatic rings. The maximum absolute atomic E-state index is 12.9. The molecule has 0 bridgehead atoms. The first kappa shape index (κ1) is 14.7. The Morgan fingerprint density at radius 2 is 2.00 bits per heavy atom. The van der Waals surface area contributed by atoms with Crippen LogP contribution < -0.4 is 11.3 Å². The van der Waals surface area contributed by atoms with Crippen molar-refractivity contribution in [3.8, 4) is 0 Å². The van der Waals surface area contributed by atoms with E-state index in [4.69, 9.17) is 5.84 Å². The number of nitrogens with zero attached hydrogens (tertiary/aromatic N) is 1. The highest BCUT2D eigenvalue weighted by atomic mass is 16.2. The second-order valence-electron chi connectivity index (χ2n) is 4.89. The van der Waals surface area contributed by atoms with Crippen molar-refractivity contribution in [2.45, 2.75) is 0 Å². The summed E-state index contributed by atoms with van der Waals surface area (Å²) in [6, 6.07) is 10.9. The molecule has 0 atom stereocenters. The SMILES string of the molecule is NNC(=O)C=C(C(=O)c1c[nH]c2ccccc12)c1cccnc1. The van der Waals surface area contributed by atoms with Gasteiger partial charge in [0, 0.05) is 52.3 Å². The lowest BCUT2D eigenvalue weighted by Gasteiger charge is -2.06. The first-order valence-corrected chi connectivity index (χ1v) is 6.94. The van der Waals surface area contributed by atoms with E-state index >= 15 is 0 Å². The molecule has 0 aliphatic heterocycles. The Kier molecular flexibility index (Phi) is 3.99. The quantitative estimate of drug-likeness (QED) is 0.225. The first-order chi connectivity index (χ1) is 11.2. The van der Waals surface area contributed by atoms with E-state index in [1.807, 2.05) is 29.7 Å². The number of hydrogen-bond donors (Lipinski definition) is 3. The van der Waals surface area contributed by atoms with Gasteiger partial charge in [0.1, 0.15) is 0 Å². The molecule has 1 amide bonds. The predicted octanol–water partition coefficient (Wildman–Crippen LogP) is 1.82. The third-order valence-corrected chi connectivity index (χ3v) is 3.47. The minimum absolute atomic E-state index is 0.228. The van der Waals surface area contributed by atoms with Crippen molar-refractivity contribution in [1.29, 1.82) is 0 Å². The highest BCUT2D eigenvalue weighted by Crippen LogP contribution is 2.25. The summed E-state index contributed by atoms with van der Waals surface area (Å²) in [5, 5.41) is 0.792. The fourth-order valence-electron chi connectivity index (χ4n) is 2.38. The molecule has 0 aliphatic carbocycles. The summed E-state index contributed by atoms with van der Waals surface area (Å²) in [5.74, 6) is 4.29. The van der Waals surface area contributed by atoms with Crippen molar-refractivity contribution < 1.29 is 9.59 Å². The van der Waals surface area contributed by atoms with Gasteiger partial charge in [0.2, 0.25) is 0 Å². The fraction of sp³-hybridized carbons (Fsp3) is 0. The Hall–Kier alpha value is -3.25. The second-order valence-corrected chi connectivity index (χ2v) is 4.89. The average molecular weight is 306 g/mol. The number of amides is 1. The van der Waals surface area contributed by atoms with Crippen LogP contribution in [0.25, 0.3) is 16.5 Å². The molecule has 23 heavy (non-hydrogen) atoms. The highest BCUT2D eigenvalue weighted by molar-refractivity contribution is 6.34. The molecule has 6 heteroatoms. The van der Waals surface area contributed by atoms with Crippen LogP contribution in [0.3, 0.4) is 0 Å². The van der Waals surface area contributed by atoms with Crippen LogP contribution >= 0.6 is 0 Å². The van der Waals surface area contributed by atoms with Gasteiger partial charge in [-0.05, 0) is 12.1 Å². The van der Waals surface area contributed by atoms with Gasteiger partial charge in [0.25, 0.3) is 5.91 Å². The summed E-state index contributed by atoms with van der Waals surface area (Å²) in [7, 11) is 0. The van der Waals surface area contributed by atoms with Gasteiger partial charge < -0.3 is 4.98 Å². The summed E-state index contributed by atoms with van der Waals surface area (Å²) in [6.07, 6.45) is 5.95. The molecular weight excluding hydrogens is 292 g/mol. The minimum Gasteiger partial charge on any atom is -0.360 e. The summed E-state index contributed by atoms with van der Waals surface area (Å²) >= 11 is 0. The molecule has 0 saturated carbocycles. The maximum atomic E-state index is 12.9. The maximum Gasteiger partial charge on any atom is 0.258 e. The molecule has 114 valence electrons. The molecule has 1 aromatic carbocycles. The number of para-hydroxylation sites is 1. The minimum atomic E-state index is -0.558. The molecule has 2 heterocycles. The Bertz CT molecular complexity index is 897. The standard InChI is InChI=1S/C17H14N4O2/c18-21-16(22)8-13(11-4-3-7-19-9-11)17(23)14-10-20-15-6-2-1-5-12(14)15/h1-10,20H,18H2,(H,21,22). The molecule has 0 aliphatic rings. The van der Waals surface area contributed by atoms with E-state index in [9.17, 15) is 9.59 Å². The lowest BCUT2D eigenvalue weighted by atomic mass is 9.97. The van der Waals surface area contributed by atoms with Gasteiger partial charge >= 0.3 is 0 Å². The number of carbonyl (C=O) groups excluding carboxylic acids is 2. The van der Waals surface area contributed by atoms with Gasteiger partial charge in [-0.3, -0.25) is 20.0 Å². The molecule has 0 unspecified atom stereocenters. The van der Waals surface area contributed by atoms with Gasteiger partial charge in [-0.15, -0.1) is 0 Å². The van der Waals surface area contributed by atoms with E-state index < -0.39 is 5.91 Å². The summed E-state index contributed by atoms with van der Waals surface area (Å²) in [4.78, 5) is 31.6. The topological polar surface area (TPSA) is 101 Å². The molecule has 3 rings (SSSR count). The van der Waals surface area contributed by atoms with Crippen LogP contribution in [0.5, 0.6) is 0 Å². The van der Waals surface area contributed by atoms with Crippen LogP contribution in [-0.2, 0) is 4.79 Å². The number of rotatable bonds is 4. The molecule has 0 saturated heterocycles. The highest BCUT2D eigenvalue weighted by Gasteiger charge is 2.19. The molecular formula is C17H14N4O2. The molecule has 6 nitrogen and oxygen atoms in total. The number of Topliss-reactive ketones (excluding diaryl/α,β-unsaturated/α-hetero) is 1. The molecule has 0 fully saturated rings. The van der Waals surface area contributed by atoms with Crippen molar-refractivity contribution in [1.82, 2.24) is 15.4 Å². The van der Waals surface area contributed by atoms with Crippen LogP contribution in [-0.4, -0.2) is 21.7 Å². The van der Waals surface area contributed by atoms with Crippen molar-refractivity contribution >= 4 is 28.2 Å². The number of fused-ring (bicyclic) bond motifs is 1. The molecule has 4 N–H and O–H groups in total. The third kappa shape index (κ3) is 2.88. The Morgan fingerprint density at radius 3 is 2.74 bits per heavy atom. The first-order valence-electron chi connectivity index (χ1n) is 6.94. The van der Waals surface area contributed by atoms with E-state index in [1.54, 1.807) is 24.5 Å². The smallest absolute Gasteiger partial charge is 0.258 e. The van der Waals surface area contributed by atoms with E-state index in [0.29, 0.717) is 11.1 Å². The van der Waals surface area contributed by atoms with E-state index in [0.717, 1.165) is 10.9 Å². The number of nitrogens with one attached hydrogen (secondary N) is 2. The van der Waals surface area contributed by atoms with Crippen molar-refractivity contribution in [2.75, 3.05) is 0 Å². The number of aromatic amines is 1. The Balaban J connectivity index is 2.12. The number of benzene rings is 1. The van der Waals surface area contributed by atoms with Crippen LogP contribution in [0, 0.1) is 0 Å². The second kappa shape index (κ2) is 6.25. The number of H-pyrrole nitrogens is 1. The zero-order chi connectivity index (χ0) is 16.2. The number of pyridine rings is 1. The number of hydrogen-bond acceptors (Lipinski definition) is 4. The largest absolute Gasteiger partial charge is 0.360 e. The summed E-state index contributed by atoms with van der Waals surface area (Å²) < 4.78 is 0. The Labute approximate surface area is 132 Å². The van der Waals surface area contributed by atoms with Crippen LogP contribution in [0.2, 0.25) is 0 Å². The number of nitrogens with two attached hydrogens (primary N) is 1. The Morgan fingerprint density at radius 1 is 1.17 bits per heavy atom. The predicted molar refractivity (Wildman–Crippen MR) is 87.2 cm³/mol. The number of carbonyl (C=O) groups is 2. The van der Waals surface area contributed by atoms with Crippen LogP contribution in [0.15, 0.2) is 61.1 Å². The zero-order valence-electron chi connectivity index (χ0n) is 12.1. The number of hydrazine groups is 1. The number of allylic oxidation sites excluding steroid dienone is 1. The average Bonchev–Trinajstić information content (AvgIpc) is 3.03. The van der Waals surface area contributed by atoms with E-state index in [-0.39, 0.29) is 11.4 Å². The normalized spacial score (nSPS) is 11.4. The fourth-order valence-corrected chi connectivity index (χ4v) is 2.38. The monoisotopic (exact) mass is 306 g/mol. The van der Waals surface area contributed by atoms with Gasteiger partial charge in [-0.2, -0.15) is 0 Å². The van der Waals surface area contributed by atoms with Crippen molar-refractivity contribution in [3.63, 3.8) is 0 Å². The lowest BCUT2D eigenvalue weighted by molar-refractivity contribution is -0.116. The molecule has 0 spiro atoms. The van der Waals surface area contributed by atoms with Crippen LogP contribution in [0.1, 0.15) is 15.9 Å². The van der Waals surface area contributed by atoms with Crippen LogP contribution in [0.4, 0.5) is 0 Å². The van der Waals surface area contributed by atoms with E-state index in [1.165, 1.54) is 12.3 Å². The van der Waals surface area contributed by atoms with Gasteiger partial charge in [-0.25, -0.2) is 5.84 Å². The lowest BCUT2D eigenvalue weighted by Crippen LogP contribution is -2.28. The van der Waals surface area contributed by atoms with Crippen molar-refractivity contribution in [2.24, 2.45) is 5.84 Å². The molecule has 0 radical (unpaired) electrons. The molecule has 2 aromatic heterocycles. The van der Waals surface area contributed by atoms with Crippen molar-refractivity contribution in [3.05, 3.63) is 72.2 Å². The summed E-state index contributed by atoms with van der Waals surface area (Å²) in [6.45, 7) is 0. The zero-order valence-corrected chi connectivity index (χ0v) is 12.1. The third-order valence-electron chi connectivity index (χ3n) is 3.47. The summed E-state index contributed by atoms with van der Waals surface area (Å²) in [5.41, 5.74) is 4.12. The van der Waals surface area contributed by atoms with Gasteiger partial charge in [0.05, 0.1) is 0 Å². The number of ketones is 1. The number of aromatic nitrogens is 2. The van der Waals surface area contributed by atoms with E-state index in [2.05, 4.69) is 9.97 Å².